The molecule has 2 heterocycles. The van der Waals surface area contributed by atoms with Crippen molar-refractivity contribution in [3.05, 3.63) is 33.5 Å². The fraction of sp³-hybridized carbons (Fsp3) is 0.111. The van der Waals surface area contributed by atoms with Gasteiger partial charge in [-0.1, -0.05) is 6.07 Å². The van der Waals surface area contributed by atoms with Gasteiger partial charge in [-0.3, -0.25) is 4.79 Å². The van der Waals surface area contributed by atoms with E-state index in [1.165, 1.54) is 22.7 Å². The molecular weight excluding hydrogens is 230 g/mol. The summed E-state index contributed by atoms with van der Waals surface area (Å²) in [6, 6.07) is 3.63. The second-order valence-electron chi connectivity index (χ2n) is 2.84. The van der Waals surface area contributed by atoms with E-state index in [0.29, 0.717) is 16.6 Å². The summed E-state index contributed by atoms with van der Waals surface area (Å²) in [6.07, 6.45) is 0. The Hall–Kier alpha value is -1.40. The summed E-state index contributed by atoms with van der Waals surface area (Å²) in [4.78, 5) is 16.3. The second kappa shape index (κ2) is 4.41. The lowest BCUT2D eigenvalue weighted by Gasteiger charge is -1.99. The van der Waals surface area contributed by atoms with Gasteiger partial charge in [-0.25, -0.2) is 4.98 Å². The van der Waals surface area contributed by atoms with Gasteiger partial charge in [0.2, 0.25) is 0 Å². The van der Waals surface area contributed by atoms with Crippen molar-refractivity contribution in [2.24, 2.45) is 0 Å². The van der Waals surface area contributed by atoms with Gasteiger partial charge in [0.25, 0.3) is 5.91 Å². The quantitative estimate of drug-likeness (QED) is 0.857. The van der Waals surface area contributed by atoms with Crippen molar-refractivity contribution in [3.63, 3.8) is 0 Å². The van der Waals surface area contributed by atoms with E-state index in [4.69, 9.17) is 5.73 Å². The number of thiazole rings is 1. The van der Waals surface area contributed by atoms with E-state index >= 15 is 0 Å². The molecular formula is C9H9N3OS2. The Morgan fingerprint density at radius 1 is 1.53 bits per heavy atom. The van der Waals surface area contributed by atoms with Crippen LogP contribution in [-0.2, 0) is 6.54 Å². The van der Waals surface area contributed by atoms with Crippen molar-refractivity contribution in [3.8, 4) is 0 Å². The van der Waals surface area contributed by atoms with Crippen molar-refractivity contribution in [2.45, 2.75) is 6.54 Å². The number of hydrogen-bond donors (Lipinski definition) is 2. The Morgan fingerprint density at radius 2 is 2.40 bits per heavy atom. The van der Waals surface area contributed by atoms with Crippen LogP contribution in [0.2, 0.25) is 0 Å². The van der Waals surface area contributed by atoms with Crippen molar-refractivity contribution in [2.75, 3.05) is 5.73 Å². The predicted molar refractivity (Wildman–Crippen MR) is 62.0 cm³/mol. The van der Waals surface area contributed by atoms with Gasteiger partial charge in [0.05, 0.1) is 17.1 Å². The molecule has 6 heteroatoms. The Balaban J connectivity index is 1.91. The first kappa shape index (κ1) is 10.1. The third-order valence-corrected chi connectivity index (χ3v) is 3.34. The van der Waals surface area contributed by atoms with Crippen LogP contribution in [0.25, 0.3) is 0 Å². The topological polar surface area (TPSA) is 68.0 Å². The van der Waals surface area contributed by atoms with Crippen LogP contribution in [0.15, 0.2) is 22.9 Å². The fourth-order valence-electron chi connectivity index (χ4n) is 1.07. The number of nitrogens with two attached hydrogens (primary N) is 1. The SMILES string of the molecule is Nc1nc(CNC(=O)c2cccs2)cs1. The molecule has 3 N–H and O–H groups in total. The van der Waals surface area contributed by atoms with Gasteiger partial charge in [-0.15, -0.1) is 22.7 Å². The molecule has 2 aromatic rings. The number of carbonyl (C=O) groups excluding carboxylic acids is 1. The minimum absolute atomic E-state index is 0.0726. The molecule has 0 aliphatic heterocycles. The highest BCUT2D eigenvalue weighted by Crippen LogP contribution is 2.11. The van der Waals surface area contributed by atoms with Gasteiger partial charge in [0.1, 0.15) is 0 Å². The zero-order valence-electron chi connectivity index (χ0n) is 7.77. The van der Waals surface area contributed by atoms with E-state index in [1.807, 2.05) is 16.8 Å². The lowest BCUT2D eigenvalue weighted by atomic mass is 10.4. The average Bonchev–Trinajstić information content (AvgIpc) is 2.84. The number of rotatable bonds is 3. The summed E-state index contributed by atoms with van der Waals surface area (Å²) in [5, 5.41) is 7.01. The minimum Gasteiger partial charge on any atom is -0.375 e. The standard InChI is InChI=1S/C9H9N3OS2/c10-9-12-6(5-15-9)4-11-8(13)7-2-1-3-14-7/h1-3,5H,4H2,(H2,10,12)(H,11,13). The van der Waals surface area contributed by atoms with Gasteiger partial charge in [-0.05, 0) is 11.4 Å². The molecule has 0 unspecified atom stereocenters. The number of thiophene rings is 1. The number of amides is 1. The summed E-state index contributed by atoms with van der Waals surface area (Å²) < 4.78 is 0. The molecule has 78 valence electrons. The molecule has 15 heavy (non-hydrogen) atoms. The average molecular weight is 239 g/mol. The van der Waals surface area contributed by atoms with Crippen molar-refractivity contribution >= 4 is 33.7 Å². The van der Waals surface area contributed by atoms with Gasteiger partial charge < -0.3 is 11.1 Å². The zero-order valence-corrected chi connectivity index (χ0v) is 9.40. The van der Waals surface area contributed by atoms with E-state index in [1.54, 1.807) is 6.07 Å². The molecule has 0 atom stereocenters. The smallest absolute Gasteiger partial charge is 0.261 e. The van der Waals surface area contributed by atoms with Crippen molar-refractivity contribution in [1.82, 2.24) is 10.3 Å². The summed E-state index contributed by atoms with van der Waals surface area (Å²) in [7, 11) is 0. The summed E-state index contributed by atoms with van der Waals surface area (Å²) >= 11 is 2.79. The first-order chi connectivity index (χ1) is 7.25. The van der Waals surface area contributed by atoms with Gasteiger partial charge in [-0.2, -0.15) is 0 Å². The summed E-state index contributed by atoms with van der Waals surface area (Å²) in [6.45, 7) is 0.421. The number of nitrogen functional groups attached to an aromatic ring is 1. The molecule has 0 spiro atoms. The minimum atomic E-state index is -0.0726. The molecule has 2 rings (SSSR count). The zero-order chi connectivity index (χ0) is 10.7. The molecule has 0 saturated heterocycles. The molecule has 4 nitrogen and oxygen atoms in total. The van der Waals surface area contributed by atoms with Crippen LogP contribution in [0.4, 0.5) is 5.13 Å². The molecule has 0 radical (unpaired) electrons. The lowest BCUT2D eigenvalue weighted by Crippen LogP contribution is -2.21. The van der Waals surface area contributed by atoms with Crippen LogP contribution in [0.3, 0.4) is 0 Å². The molecule has 0 aliphatic rings. The van der Waals surface area contributed by atoms with Crippen LogP contribution in [0.1, 0.15) is 15.4 Å². The highest BCUT2D eigenvalue weighted by molar-refractivity contribution is 7.13. The number of carbonyl (C=O) groups is 1. The highest BCUT2D eigenvalue weighted by Gasteiger charge is 2.06. The Kier molecular flexibility index (Phi) is 2.98. The van der Waals surface area contributed by atoms with Crippen LogP contribution in [0.5, 0.6) is 0 Å². The number of nitrogens with one attached hydrogen (secondary N) is 1. The molecule has 0 bridgehead atoms. The highest BCUT2D eigenvalue weighted by atomic mass is 32.1. The molecule has 1 amide bonds. The Bertz CT molecular complexity index is 450. The summed E-state index contributed by atoms with van der Waals surface area (Å²) in [5.41, 5.74) is 6.27. The first-order valence-electron chi connectivity index (χ1n) is 4.27. The normalized spacial score (nSPS) is 10.1. The molecule has 2 aromatic heterocycles. The molecule has 0 aromatic carbocycles. The second-order valence-corrected chi connectivity index (χ2v) is 4.67. The van der Waals surface area contributed by atoms with Crippen molar-refractivity contribution in [1.29, 1.82) is 0 Å². The van der Waals surface area contributed by atoms with Crippen LogP contribution < -0.4 is 11.1 Å². The van der Waals surface area contributed by atoms with Crippen LogP contribution in [-0.4, -0.2) is 10.9 Å². The van der Waals surface area contributed by atoms with Gasteiger partial charge in [0.15, 0.2) is 5.13 Å². The van der Waals surface area contributed by atoms with E-state index < -0.39 is 0 Å². The Morgan fingerprint density at radius 3 is 3.00 bits per heavy atom. The number of nitrogens with zero attached hydrogens (tertiary/aromatic N) is 1. The molecule has 0 saturated carbocycles. The number of hydrogen-bond acceptors (Lipinski definition) is 5. The number of anilines is 1. The third-order valence-electron chi connectivity index (χ3n) is 1.74. The van der Waals surface area contributed by atoms with Crippen LogP contribution in [0, 0.1) is 0 Å². The van der Waals surface area contributed by atoms with Crippen molar-refractivity contribution < 1.29 is 4.79 Å². The summed E-state index contributed by atoms with van der Waals surface area (Å²) in [5.74, 6) is -0.0726. The van der Waals surface area contributed by atoms with E-state index in [0.717, 1.165) is 5.69 Å². The number of aromatic nitrogens is 1. The maximum Gasteiger partial charge on any atom is 0.261 e. The molecule has 0 fully saturated rings. The monoisotopic (exact) mass is 239 g/mol. The Labute approximate surface area is 94.8 Å². The van der Waals surface area contributed by atoms with Gasteiger partial charge >= 0.3 is 0 Å². The maximum atomic E-state index is 11.5. The molecule has 0 aliphatic carbocycles. The fourth-order valence-corrected chi connectivity index (χ4v) is 2.27. The maximum absolute atomic E-state index is 11.5. The third kappa shape index (κ3) is 2.54. The predicted octanol–water partition coefficient (Wildman–Crippen LogP) is 1.72. The van der Waals surface area contributed by atoms with E-state index in [9.17, 15) is 4.79 Å². The van der Waals surface area contributed by atoms with Gasteiger partial charge in [0, 0.05) is 5.38 Å². The largest absolute Gasteiger partial charge is 0.375 e. The van der Waals surface area contributed by atoms with E-state index in [-0.39, 0.29) is 5.91 Å². The first-order valence-corrected chi connectivity index (χ1v) is 6.03. The van der Waals surface area contributed by atoms with Crippen LogP contribution >= 0.6 is 22.7 Å². The lowest BCUT2D eigenvalue weighted by molar-refractivity contribution is 0.0954. The van der Waals surface area contributed by atoms with E-state index in [2.05, 4.69) is 10.3 Å².